The Morgan fingerprint density at radius 1 is 0.919 bits per heavy atom. The molecule has 7 heteroatoms. The molecule has 2 fully saturated rings. The van der Waals surface area contributed by atoms with Gasteiger partial charge in [-0.05, 0) is 61.8 Å². The Morgan fingerprint density at radius 2 is 1.70 bits per heavy atom. The summed E-state index contributed by atoms with van der Waals surface area (Å²) in [7, 11) is 0. The molecule has 1 saturated carbocycles. The highest BCUT2D eigenvalue weighted by Gasteiger charge is 2.31. The maximum atomic E-state index is 12.9. The molecule has 2 aliphatic rings. The number of hydrogen-bond acceptors (Lipinski definition) is 5. The van der Waals surface area contributed by atoms with Crippen LogP contribution in [0.2, 0.25) is 0 Å². The number of hydrogen-bond donors (Lipinski definition) is 3. The fraction of sp³-hybridized carbons (Fsp3) is 0.367. The number of aliphatic hydroxyl groups is 1. The number of fused-ring (bicyclic) bond motifs is 1. The second-order valence-electron chi connectivity index (χ2n) is 10.3. The molecule has 1 aliphatic carbocycles. The molecule has 190 valence electrons. The van der Waals surface area contributed by atoms with E-state index in [0.717, 1.165) is 47.8 Å². The minimum Gasteiger partial charge on any atom is -0.393 e. The molecule has 3 N–H and O–H groups in total. The highest BCUT2D eigenvalue weighted by Crippen LogP contribution is 2.36. The first-order chi connectivity index (χ1) is 18.2. The summed E-state index contributed by atoms with van der Waals surface area (Å²) in [6.07, 6.45) is 8.56. The monoisotopic (exact) mass is 495 g/mol. The summed E-state index contributed by atoms with van der Waals surface area (Å²) in [6, 6.07) is 19.0. The number of amides is 1. The SMILES string of the molecule is O=C(C1CCC(Nc2nccc(-c3c[nH]c4cccc(-c5ccccc5)c34)n2)CC1)N1CCC(O)CC1. The van der Waals surface area contributed by atoms with Crippen LogP contribution in [-0.2, 0) is 4.79 Å². The predicted molar refractivity (Wildman–Crippen MR) is 146 cm³/mol. The number of aromatic amines is 1. The normalized spacial score (nSPS) is 20.7. The number of aromatic nitrogens is 3. The third-order valence-electron chi connectivity index (χ3n) is 7.91. The molecule has 2 aromatic heterocycles. The van der Waals surface area contributed by atoms with Gasteiger partial charge < -0.3 is 20.3 Å². The molecule has 1 saturated heterocycles. The Kier molecular flexibility index (Phi) is 6.62. The standard InChI is InChI=1S/C30H33N5O2/c36-23-14-17-35(18-15-23)29(37)21-9-11-22(12-10-21)33-30-31-16-13-26(34-30)25-19-32-27-8-4-7-24(28(25)27)20-5-2-1-3-6-20/h1-8,13,16,19,21-23,32,36H,9-12,14-15,17-18H2,(H,31,33,34). The van der Waals surface area contributed by atoms with Crippen molar-refractivity contribution in [1.82, 2.24) is 19.9 Å². The van der Waals surface area contributed by atoms with Crippen molar-refractivity contribution in [3.05, 3.63) is 67.0 Å². The van der Waals surface area contributed by atoms with Gasteiger partial charge in [-0.1, -0.05) is 42.5 Å². The third-order valence-corrected chi connectivity index (χ3v) is 7.91. The van der Waals surface area contributed by atoms with Gasteiger partial charge in [0.15, 0.2) is 0 Å². The zero-order valence-corrected chi connectivity index (χ0v) is 20.9. The summed E-state index contributed by atoms with van der Waals surface area (Å²) in [5.41, 5.74) is 5.36. The number of carbonyl (C=O) groups excluding carboxylic acids is 1. The van der Waals surface area contributed by atoms with Crippen LogP contribution in [0.4, 0.5) is 5.95 Å². The lowest BCUT2D eigenvalue weighted by atomic mass is 9.85. The highest BCUT2D eigenvalue weighted by molar-refractivity contribution is 6.05. The van der Waals surface area contributed by atoms with E-state index in [9.17, 15) is 9.90 Å². The fourth-order valence-corrected chi connectivity index (χ4v) is 5.84. The number of likely N-dealkylation sites (tertiary alicyclic amines) is 1. The Hall–Kier alpha value is -3.71. The molecule has 4 aromatic rings. The summed E-state index contributed by atoms with van der Waals surface area (Å²) in [5, 5.41) is 14.4. The zero-order valence-electron chi connectivity index (χ0n) is 20.9. The van der Waals surface area contributed by atoms with Crippen LogP contribution in [0.5, 0.6) is 0 Å². The van der Waals surface area contributed by atoms with E-state index in [1.807, 2.05) is 29.4 Å². The van der Waals surface area contributed by atoms with Crippen molar-refractivity contribution < 1.29 is 9.90 Å². The van der Waals surface area contributed by atoms with Gasteiger partial charge in [-0.3, -0.25) is 4.79 Å². The van der Waals surface area contributed by atoms with Gasteiger partial charge in [0.05, 0.1) is 11.8 Å². The van der Waals surface area contributed by atoms with Gasteiger partial charge in [-0.2, -0.15) is 0 Å². The Bertz CT molecular complexity index is 1370. The number of anilines is 1. The molecule has 0 bridgehead atoms. The molecular weight excluding hydrogens is 462 g/mol. The lowest BCUT2D eigenvalue weighted by Crippen LogP contribution is -2.44. The average Bonchev–Trinajstić information content (AvgIpc) is 3.39. The second-order valence-corrected chi connectivity index (χ2v) is 10.3. The molecule has 3 heterocycles. The topological polar surface area (TPSA) is 94.1 Å². The molecule has 6 rings (SSSR count). The van der Waals surface area contributed by atoms with Crippen LogP contribution in [0.1, 0.15) is 38.5 Å². The van der Waals surface area contributed by atoms with Crippen molar-refractivity contribution in [2.45, 2.75) is 50.7 Å². The Labute approximate surface area is 217 Å². The zero-order chi connectivity index (χ0) is 25.2. The molecule has 0 atom stereocenters. The van der Waals surface area contributed by atoms with E-state index in [1.165, 1.54) is 11.1 Å². The van der Waals surface area contributed by atoms with Gasteiger partial charge in [0.25, 0.3) is 0 Å². The average molecular weight is 496 g/mol. The van der Waals surface area contributed by atoms with Gasteiger partial charge in [0.1, 0.15) is 0 Å². The lowest BCUT2D eigenvalue weighted by molar-refractivity contribution is -0.138. The first-order valence-electron chi connectivity index (χ1n) is 13.4. The number of aliphatic hydroxyl groups excluding tert-OH is 1. The second kappa shape index (κ2) is 10.3. The molecule has 0 radical (unpaired) electrons. The summed E-state index contributed by atoms with van der Waals surface area (Å²) < 4.78 is 0. The quantitative estimate of drug-likeness (QED) is 0.352. The van der Waals surface area contributed by atoms with E-state index >= 15 is 0 Å². The van der Waals surface area contributed by atoms with E-state index in [0.29, 0.717) is 31.9 Å². The highest BCUT2D eigenvalue weighted by atomic mass is 16.3. The molecule has 1 aliphatic heterocycles. The van der Waals surface area contributed by atoms with Crippen molar-refractivity contribution >= 4 is 22.8 Å². The van der Waals surface area contributed by atoms with Crippen LogP contribution in [0.3, 0.4) is 0 Å². The van der Waals surface area contributed by atoms with Gasteiger partial charge in [0.2, 0.25) is 11.9 Å². The summed E-state index contributed by atoms with van der Waals surface area (Å²) >= 11 is 0. The van der Waals surface area contributed by atoms with E-state index in [4.69, 9.17) is 4.98 Å². The maximum Gasteiger partial charge on any atom is 0.225 e. The van der Waals surface area contributed by atoms with Crippen LogP contribution in [0.15, 0.2) is 67.0 Å². The summed E-state index contributed by atoms with van der Waals surface area (Å²) in [5.74, 6) is 0.976. The number of carbonyl (C=O) groups is 1. The third kappa shape index (κ3) is 4.96. The van der Waals surface area contributed by atoms with Crippen LogP contribution in [0.25, 0.3) is 33.3 Å². The maximum absolute atomic E-state index is 12.9. The molecule has 1 amide bonds. The molecule has 37 heavy (non-hydrogen) atoms. The van der Waals surface area contributed by atoms with Gasteiger partial charge in [-0.15, -0.1) is 0 Å². The van der Waals surface area contributed by atoms with Gasteiger partial charge in [0, 0.05) is 53.9 Å². The predicted octanol–water partition coefficient (Wildman–Crippen LogP) is 5.25. The van der Waals surface area contributed by atoms with Crippen molar-refractivity contribution in [2.24, 2.45) is 5.92 Å². The lowest BCUT2D eigenvalue weighted by Gasteiger charge is -2.35. The number of rotatable bonds is 5. The molecule has 0 spiro atoms. The fourth-order valence-electron chi connectivity index (χ4n) is 5.84. The van der Waals surface area contributed by atoms with Crippen LogP contribution in [0, 0.1) is 5.92 Å². The van der Waals surface area contributed by atoms with Crippen molar-refractivity contribution in [2.75, 3.05) is 18.4 Å². The van der Waals surface area contributed by atoms with E-state index < -0.39 is 0 Å². The van der Waals surface area contributed by atoms with Crippen LogP contribution >= 0.6 is 0 Å². The first kappa shape index (κ1) is 23.7. The Morgan fingerprint density at radius 3 is 2.49 bits per heavy atom. The van der Waals surface area contributed by atoms with E-state index in [1.54, 1.807) is 0 Å². The van der Waals surface area contributed by atoms with Crippen LogP contribution in [-0.4, -0.2) is 56.1 Å². The molecule has 2 aromatic carbocycles. The number of nitrogens with one attached hydrogen (secondary N) is 2. The molecule has 0 unspecified atom stereocenters. The molecule has 7 nitrogen and oxygen atoms in total. The first-order valence-corrected chi connectivity index (χ1v) is 13.4. The smallest absolute Gasteiger partial charge is 0.225 e. The summed E-state index contributed by atoms with van der Waals surface area (Å²) in [4.78, 5) is 27.7. The van der Waals surface area contributed by atoms with Crippen LogP contribution < -0.4 is 5.32 Å². The minimum absolute atomic E-state index is 0.0863. The largest absolute Gasteiger partial charge is 0.393 e. The van der Waals surface area contributed by atoms with Gasteiger partial charge >= 0.3 is 0 Å². The van der Waals surface area contributed by atoms with E-state index in [2.05, 4.69) is 57.7 Å². The number of H-pyrrole nitrogens is 1. The van der Waals surface area contributed by atoms with Crippen molar-refractivity contribution in [3.63, 3.8) is 0 Å². The number of piperidine rings is 1. The number of benzene rings is 2. The summed E-state index contributed by atoms with van der Waals surface area (Å²) in [6.45, 7) is 1.36. The van der Waals surface area contributed by atoms with Gasteiger partial charge in [-0.25, -0.2) is 9.97 Å². The Balaban J connectivity index is 1.16. The minimum atomic E-state index is -0.256. The van der Waals surface area contributed by atoms with E-state index in [-0.39, 0.29) is 24.0 Å². The van der Waals surface area contributed by atoms with Crippen molar-refractivity contribution in [3.8, 4) is 22.4 Å². The molecular formula is C30H33N5O2. The van der Waals surface area contributed by atoms with Crippen molar-refractivity contribution in [1.29, 1.82) is 0 Å². The number of nitrogens with zero attached hydrogens (tertiary/aromatic N) is 3.